The molecule has 0 bridgehead atoms. The van der Waals surface area contributed by atoms with Crippen LogP contribution >= 0.6 is 11.8 Å². The Morgan fingerprint density at radius 1 is 1.33 bits per heavy atom. The fraction of sp³-hybridized carbons (Fsp3) is 0.231. The maximum Gasteiger partial charge on any atom is 0.258 e. The third-order valence-corrected chi connectivity index (χ3v) is 3.42. The molecule has 0 amide bonds. The molecule has 0 aliphatic rings. The van der Waals surface area contributed by atoms with E-state index < -0.39 is 0 Å². The van der Waals surface area contributed by atoms with Crippen LogP contribution in [0.15, 0.2) is 35.0 Å². The van der Waals surface area contributed by atoms with Crippen molar-refractivity contribution in [1.29, 1.82) is 0 Å². The number of rotatable bonds is 3. The molecule has 0 fully saturated rings. The number of fused-ring (bicyclic) bond motifs is 1. The molecule has 2 aromatic heterocycles. The van der Waals surface area contributed by atoms with E-state index >= 15 is 0 Å². The fourth-order valence-electron chi connectivity index (χ4n) is 1.95. The lowest BCUT2D eigenvalue weighted by molar-refractivity contribution is 0.425. The van der Waals surface area contributed by atoms with Crippen molar-refractivity contribution < 1.29 is 4.52 Å². The molecular formula is C13H13N3OS. The maximum atomic E-state index is 5.28. The summed E-state index contributed by atoms with van der Waals surface area (Å²) in [6, 6.07) is 8.25. The summed E-state index contributed by atoms with van der Waals surface area (Å²) >= 11 is 1.68. The van der Waals surface area contributed by atoms with Crippen LogP contribution in [0.5, 0.6) is 0 Å². The van der Waals surface area contributed by atoms with Crippen LogP contribution in [0.2, 0.25) is 0 Å². The lowest BCUT2D eigenvalue weighted by atomic mass is 10.1. The molecule has 3 rings (SSSR count). The molecule has 0 aliphatic carbocycles. The summed E-state index contributed by atoms with van der Waals surface area (Å²) < 4.78 is 7.37. The zero-order chi connectivity index (χ0) is 12.5. The van der Waals surface area contributed by atoms with Gasteiger partial charge in [0.15, 0.2) is 5.82 Å². The van der Waals surface area contributed by atoms with Gasteiger partial charge in [-0.25, -0.2) is 0 Å². The van der Waals surface area contributed by atoms with Gasteiger partial charge in [0.1, 0.15) is 0 Å². The number of benzene rings is 1. The summed E-state index contributed by atoms with van der Waals surface area (Å²) in [7, 11) is 2.03. The van der Waals surface area contributed by atoms with Gasteiger partial charge in [-0.2, -0.15) is 16.7 Å². The van der Waals surface area contributed by atoms with Gasteiger partial charge in [0.2, 0.25) is 0 Å². The average Bonchev–Trinajstić information content (AvgIpc) is 2.98. The molecule has 0 unspecified atom stereocenters. The number of nitrogens with zero attached hydrogens (tertiary/aromatic N) is 3. The Kier molecular flexibility index (Phi) is 2.83. The highest BCUT2D eigenvalue weighted by molar-refractivity contribution is 7.97. The number of aromatic nitrogens is 3. The first-order valence-electron chi connectivity index (χ1n) is 5.65. The molecule has 5 heteroatoms. The first-order chi connectivity index (χ1) is 8.78. The molecule has 0 spiro atoms. The molecule has 0 aliphatic heterocycles. The van der Waals surface area contributed by atoms with Gasteiger partial charge in [0.05, 0.1) is 5.75 Å². The Hall–Kier alpha value is -1.75. The van der Waals surface area contributed by atoms with Crippen LogP contribution in [-0.2, 0) is 12.8 Å². The predicted molar refractivity (Wildman–Crippen MR) is 73.4 cm³/mol. The van der Waals surface area contributed by atoms with Gasteiger partial charge < -0.3 is 9.09 Å². The number of hydrogen-bond acceptors (Lipinski definition) is 4. The van der Waals surface area contributed by atoms with E-state index in [1.54, 1.807) is 11.8 Å². The minimum absolute atomic E-state index is 0.585. The van der Waals surface area contributed by atoms with Crippen LogP contribution in [0.25, 0.3) is 22.4 Å². The molecule has 2 heterocycles. The summed E-state index contributed by atoms with van der Waals surface area (Å²) in [6.45, 7) is 0. The number of hydrogen-bond donors (Lipinski definition) is 0. The molecule has 0 saturated heterocycles. The van der Waals surface area contributed by atoms with Gasteiger partial charge in [0.25, 0.3) is 5.89 Å². The van der Waals surface area contributed by atoms with Gasteiger partial charge in [-0.05, 0) is 29.8 Å². The van der Waals surface area contributed by atoms with Crippen molar-refractivity contribution in [2.75, 3.05) is 6.26 Å². The van der Waals surface area contributed by atoms with E-state index in [4.69, 9.17) is 4.52 Å². The lowest BCUT2D eigenvalue weighted by Crippen LogP contribution is -1.86. The molecule has 0 saturated carbocycles. The number of thioether (sulfide) groups is 1. The van der Waals surface area contributed by atoms with E-state index in [2.05, 4.69) is 32.9 Å². The molecule has 18 heavy (non-hydrogen) atoms. The minimum atomic E-state index is 0.585. The normalized spacial score (nSPS) is 11.2. The Balaban J connectivity index is 2.04. The van der Waals surface area contributed by atoms with Crippen molar-refractivity contribution in [3.8, 4) is 11.5 Å². The molecule has 4 nitrogen and oxygen atoms in total. The maximum absolute atomic E-state index is 5.28. The molecule has 0 N–H and O–H groups in total. The smallest absolute Gasteiger partial charge is 0.258 e. The highest BCUT2D eigenvalue weighted by atomic mass is 32.2. The molecule has 92 valence electrons. The summed E-state index contributed by atoms with van der Waals surface area (Å²) in [5.74, 6) is 2.10. The summed E-state index contributed by atoms with van der Waals surface area (Å²) in [6.07, 6.45) is 4.06. The van der Waals surface area contributed by atoms with E-state index in [0.717, 1.165) is 22.7 Å². The predicted octanol–water partition coefficient (Wildman–Crippen LogP) is 3.09. The van der Waals surface area contributed by atoms with Gasteiger partial charge >= 0.3 is 0 Å². The fourth-order valence-corrected chi connectivity index (χ4v) is 2.33. The van der Waals surface area contributed by atoms with Crippen LogP contribution < -0.4 is 0 Å². The summed E-state index contributed by atoms with van der Waals surface area (Å²) in [5.41, 5.74) is 2.13. The van der Waals surface area contributed by atoms with Crippen LogP contribution in [-0.4, -0.2) is 21.0 Å². The Morgan fingerprint density at radius 2 is 2.22 bits per heavy atom. The van der Waals surface area contributed by atoms with Crippen molar-refractivity contribution in [1.82, 2.24) is 14.7 Å². The second-order valence-corrected chi connectivity index (χ2v) is 5.02. The third kappa shape index (κ3) is 1.90. The second-order valence-electron chi connectivity index (χ2n) is 4.15. The summed E-state index contributed by atoms with van der Waals surface area (Å²) in [5, 5.41) is 5.17. The topological polar surface area (TPSA) is 43.9 Å². The van der Waals surface area contributed by atoms with Crippen molar-refractivity contribution in [2.45, 2.75) is 5.75 Å². The van der Waals surface area contributed by atoms with Crippen LogP contribution in [0.4, 0.5) is 0 Å². The highest BCUT2D eigenvalue weighted by Gasteiger charge is 2.09. The van der Waals surface area contributed by atoms with Crippen LogP contribution in [0.1, 0.15) is 5.82 Å². The monoisotopic (exact) mass is 259 g/mol. The first kappa shape index (κ1) is 11.3. The van der Waals surface area contributed by atoms with E-state index in [-0.39, 0.29) is 0 Å². The average molecular weight is 259 g/mol. The quantitative estimate of drug-likeness (QED) is 0.725. The third-order valence-electron chi connectivity index (χ3n) is 2.88. The first-order valence-corrected chi connectivity index (χ1v) is 7.04. The van der Waals surface area contributed by atoms with Crippen molar-refractivity contribution in [3.63, 3.8) is 0 Å². The molecule has 0 radical (unpaired) electrons. The van der Waals surface area contributed by atoms with Crippen molar-refractivity contribution >= 4 is 22.7 Å². The Labute approximate surface area is 109 Å². The zero-order valence-electron chi connectivity index (χ0n) is 10.3. The van der Waals surface area contributed by atoms with Gasteiger partial charge in [-0.3, -0.25) is 0 Å². The van der Waals surface area contributed by atoms with Crippen molar-refractivity contribution in [3.05, 3.63) is 36.3 Å². The van der Waals surface area contributed by atoms with Gasteiger partial charge in [-0.15, -0.1) is 0 Å². The SMILES string of the molecule is CSCc1noc(-c2ccc3ccn(C)c3c2)n1. The highest BCUT2D eigenvalue weighted by Crippen LogP contribution is 2.24. The van der Waals surface area contributed by atoms with E-state index in [9.17, 15) is 0 Å². The largest absolute Gasteiger partial charge is 0.351 e. The Bertz CT molecular complexity index is 686. The van der Waals surface area contributed by atoms with Crippen LogP contribution in [0, 0.1) is 0 Å². The lowest BCUT2D eigenvalue weighted by Gasteiger charge is -1.98. The zero-order valence-corrected chi connectivity index (χ0v) is 11.1. The second kappa shape index (κ2) is 4.49. The minimum Gasteiger partial charge on any atom is -0.351 e. The molecule has 1 aromatic carbocycles. The van der Waals surface area contributed by atoms with E-state index in [1.165, 1.54) is 5.39 Å². The van der Waals surface area contributed by atoms with Crippen LogP contribution in [0.3, 0.4) is 0 Å². The molecule has 3 aromatic rings. The van der Waals surface area contributed by atoms with Gasteiger partial charge in [-0.1, -0.05) is 11.2 Å². The Morgan fingerprint density at radius 3 is 3.06 bits per heavy atom. The number of aryl methyl sites for hydroxylation is 1. The summed E-state index contributed by atoms with van der Waals surface area (Å²) in [4.78, 5) is 4.38. The molecular weight excluding hydrogens is 246 g/mol. The molecule has 0 atom stereocenters. The van der Waals surface area contributed by atoms with E-state index in [0.29, 0.717) is 5.89 Å². The van der Waals surface area contributed by atoms with Gasteiger partial charge in [0, 0.05) is 24.3 Å². The standard InChI is InChI=1S/C13H13N3OS/c1-16-6-5-9-3-4-10(7-11(9)16)13-14-12(8-18-2)15-17-13/h3-7H,8H2,1-2H3. The van der Waals surface area contributed by atoms with E-state index in [1.807, 2.05) is 25.6 Å². The van der Waals surface area contributed by atoms with Crippen molar-refractivity contribution in [2.24, 2.45) is 7.05 Å².